The highest BCUT2D eigenvalue weighted by Gasteiger charge is 2.29. The summed E-state index contributed by atoms with van der Waals surface area (Å²) < 4.78 is 0. The van der Waals surface area contributed by atoms with Crippen LogP contribution in [0.2, 0.25) is 0 Å². The zero-order valence-electron chi connectivity index (χ0n) is 36.0. The minimum absolute atomic E-state index is 0.309. The molecule has 0 radical (unpaired) electrons. The van der Waals surface area contributed by atoms with E-state index in [0.29, 0.717) is 29.1 Å². The number of rotatable bonds is 5. The molecule has 0 saturated carbocycles. The molecule has 6 rings (SSSR count). The van der Waals surface area contributed by atoms with Crippen LogP contribution in [0.15, 0.2) is 72.8 Å². The Hall–Kier alpha value is -5.31. The fraction of sp³-hybridized carbons (Fsp3) is 0.426. The molecule has 6 aromatic rings. The van der Waals surface area contributed by atoms with Crippen molar-refractivity contribution < 1.29 is 0 Å². The first-order valence-corrected chi connectivity index (χ1v) is 19.5. The summed E-state index contributed by atoms with van der Waals surface area (Å²) in [5.74, 6) is 5.86. The van der Waals surface area contributed by atoms with Gasteiger partial charge in [-0.25, -0.2) is 44.9 Å². The van der Waals surface area contributed by atoms with Crippen LogP contribution in [0.4, 0.5) is 0 Å². The van der Waals surface area contributed by atoms with Crippen LogP contribution in [0.3, 0.4) is 0 Å². The van der Waals surface area contributed by atoms with E-state index in [1.807, 2.05) is 6.07 Å². The number of hydrogen-bond donors (Lipinski definition) is 0. The Balaban J connectivity index is 1.64. The highest BCUT2D eigenvalue weighted by Crippen LogP contribution is 2.35. The van der Waals surface area contributed by atoms with E-state index in [2.05, 4.69) is 171 Å². The smallest absolute Gasteiger partial charge is 0.163 e. The van der Waals surface area contributed by atoms with Crippen molar-refractivity contribution in [2.75, 3.05) is 0 Å². The fourth-order valence-electron chi connectivity index (χ4n) is 5.78. The van der Waals surface area contributed by atoms with E-state index in [4.69, 9.17) is 44.9 Å². The number of benzene rings is 3. The van der Waals surface area contributed by atoms with Crippen LogP contribution in [0.5, 0.6) is 0 Å². The first-order chi connectivity index (χ1) is 25.9. The molecule has 0 atom stereocenters. The molecule has 0 saturated heterocycles. The molecule has 0 aliphatic carbocycles. The highest BCUT2D eigenvalue weighted by atomic mass is 15.1. The zero-order chi connectivity index (χ0) is 41.0. The highest BCUT2D eigenvalue weighted by molar-refractivity contribution is 5.76. The van der Waals surface area contributed by atoms with Gasteiger partial charge in [0.05, 0.1) is 0 Å². The van der Waals surface area contributed by atoms with Crippen molar-refractivity contribution in [3.8, 4) is 56.7 Å². The minimum atomic E-state index is -0.355. The summed E-state index contributed by atoms with van der Waals surface area (Å²) in [5.41, 5.74) is 3.94. The van der Waals surface area contributed by atoms with Gasteiger partial charge < -0.3 is 0 Å². The lowest BCUT2D eigenvalue weighted by atomic mass is 9.92. The molecule has 0 unspecified atom stereocenters. The predicted octanol–water partition coefficient (Wildman–Crippen LogP) is 11.1. The van der Waals surface area contributed by atoms with Gasteiger partial charge in [-0.15, -0.1) is 0 Å². The second-order valence-electron chi connectivity index (χ2n) is 19.9. The van der Waals surface area contributed by atoms with Crippen molar-refractivity contribution in [2.24, 2.45) is 0 Å². The summed E-state index contributed by atoms with van der Waals surface area (Å²) in [7, 11) is 0. The van der Waals surface area contributed by atoms with E-state index in [1.165, 1.54) is 0 Å². The number of hydrogen-bond acceptors (Lipinski definition) is 9. The Morgan fingerprint density at radius 3 is 0.821 bits per heavy atom. The summed E-state index contributed by atoms with van der Waals surface area (Å²) in [4.78, 5) is 45.6. The van der Waals surface area contributed by atoms with Gasteiger partial charge in [0, 0.05) is 49.3 Å². The summed E-state index contributed by atoms with van der Waals surface area (Å²) in [6.07, 6.45) is 0. The van der Waals surface area contributed by atoms with E-state index < -0.39 is 0 Å². The van der Waals surface area contributed by atoms with Crippen LogP contribution in [-0.2, 0) is 27.1 Å². The number of aromatic nitrogens is 9. The van der Waals surface area contributed by atoms with Gasteiger partial charge in [0.1, 0.15) is 29.1 Å². The number of nitrogens with zero attached hydrogens (tertiary/aromatic N) is 9. The largest absolute Gasteiger partial charge is 0.217 e. The molecule has 290 valence electrons. The van der Waals surface area contributed by atoms with Gasteiger partial charge in [0.15, 0.2) is 23.3 Å². The second kappa shape index (κ2) is 14.3. The minimum Gasteiger partial charge on any atom is -0.217 e. The molecule has 3 aromatic heterocycles. The summed E-state index contributed by atoms with van der Waals surface area (Å²) in [6.45, 7) is 31.9. The van der Waals surface area contributed by atoms with Crippen LogP contribution in [-0.4, -0.2) is 44.9 Å². The van der Waals surface area contributed by atoms with Crippen molar-refractivity contribution in [3.63, 3.8) is 0 Å². The molecule has 0 aliphatic heterocycles. The molecule has 0 N–H and O–H groups in total. The lowest BCUT2D eigenvalue weighted by molar-refractivity contribution is 0.497. The van der Waals surface area contributed by atoms with Crippen LogP contribution in [0.1, 0.15) is 133 Å². The van der Waals surface area contributed by atoms with Crippen molar-refractivity contribution in [3.05, 3.63) is 102 Å². The Morgan fingerprint density at radius 2 is 0.500 bits per heavy atom. The van der Waals surface area contributed by atoms with Gasteiger partial charge in [0.2, 0.25) is 0 Å². The molecule has 0 amide bonds. The summed E-state index contributed by atoms with van der Waals surface area (Å²) >= 11 is 0. The van der Waals surface area contributed by atoms with Crippen LogP contribution in [0.25, 0.3) is 56.7 Å². The molecular formula is C47H57N9. The van der Waals surface area contributed by atoms with Crippen LogP contribution in [0, 0.1) is 0 Å². The molecule has 0 aliphatic rings. The zero-order valence-corrected chi connectivity index (χ0v) is 36.0. The predicted molar refractivity (Wildman–Crippen MR) is 227 cm³/mol. The maximum absolute atomic E-state index is 5.16. The van der Waals surface area contributed by atoms with Gasteiger partial charge in [-0.05, 0) is 29.3 Å². The summed E-state index contributed by atoms with van der Waals surface area (Å²) in [5, 5.41) is 0. The third kappa shape index (κ3) is 9.04. The van der Waals surface area contributed by atoms with Gasteiger partial charge in [-0.1, -0.05) is 158 Å². The fourth-order valence-corrected chi connectivity index (χ4v) is 5.78. The lowest BCUT2D eigenvalue weighted by Gasteiger charge is -2.23. The van der Waals surface area contributed by atoms with E-state index in [1.54, 1.807) is 0 Å². The molecule has 3 aromatic carbocycles. The van der Waals surface area contributed by atoms with Crippen molar-refractivity contribution in [1.29, 1.82) is 0 Å². The first kappa shape index (κ1) is 40.4. The monoisotopic (exact) mass is 747 g/mol. The van der Waals surface area contributed by atoms with E-state index in [0.717, 1.165) is 56.7 Å². The third-order valence-corrected chi connectivity index (χ3v) is 9.22. The summed E-state index contributed by atoms with van der Waals surface area (Å²) in [6, 6.07) is 24.9. The van der Waals surface area contributed by atoms with E-state index in [-0.39, 0.29) is 27.1 Å². The van der Waals surface area contributed by atoms with Crippen LogP contribution < -0.4 is 0 Å². The maximum atomic E-state index is 5.16. The van der Waals surface area contributed by atoms with Gasteiger partial charge in [-0.2, -0.15) is 0 Å². The van der Waals surface area contributed by atoms with Crippen molar-refractivity contribution in [2.45, 2.75) is 131 Å². The topological polar surface area (TPSA) is 116 Å². The van der Waals surface area contributed by atoms with Crippen molar-refractivity contribution in [1.82, 2.24) is 44.9 Å². The first-order valence-electron chi connectivity index (χ1n) is 19.5. The van der Waals surface area contributed by atoms with E-state index >= 15 is 0 Å². The SMILES string of the molecule is CC(C)(C)c1nc(-c2ccc(-c3ccccc3)cc2)nc(-c2cc(-c3nc(C(C)(C)C)nc(C(C)(C)C)n3)cc(-c3nc(C(C)(C)C)nc(C(C)(C)C)n3)c2)n1. The van der Waals surface area contributed by atoms with Gasteiger partial charge in [0.25, 0.3) is 0 Å². The second-order valence-corrected chi connectivity index (χ2v) is 19.9. The molecular weight excluding hydrogens is 691 g/mol. The molecule has 0 spiro atoms. The molecule has 9 nitrogen and oxygen atoms in total. The molecule has 0 fully saturated rings. The average Bonchev–Trinajstić information content (AvgIpc) is 3.12. The molecule has 0 bridgehead atoms. The van der Waals surface area contributed by atoms with Gasteiger partial charge in [-0.3, -0.25) is 0 Å². The lowest BCUT2D eigenvalue weighted by Crippen LogP contribution is -2.24. The molecule has 9 heteroatoms. The standard InChI is InChI=1S/C47H57N9/c1-43(2,3)38-49-34(30-23-21-29(22-24-30)28-19-17-16-18-20-28)48-35(50-38)31-25-32(36-51-39(44(4,5)6)55-40(52-36)45(7,8)9)27-33(26-31)37-53-41(46(10,11)12)56-42(54-37)47(13,14)15/h16-27H,1-15H3. The Kier molecular flexibility index (Phi) is 10.3. The maximum Gasteiger partial charge on any atom is 0.163 e. The Morgan fingerprint density at radius 1 is 0.250 bits per heavy atom. The normalized spacial score (nSPS) is 12.9. The molecule has 56 heavy (non-hydrogen) atoms. The Labute approximate surface area is 333 Å². The quantitative estimate of drug-likeness (QED) is 0.170. The van der Waals surface area contributed by atoms with Crippen molar-refractivity contribution >= 4 is 0 Å². The Bertz CT molecular complexity index is 2210. The third-order valence-electron chi connectivity index (χ3n) is 9.22. The average molecular weight is 748 g/mol. The molecule has 3 heterocycles. The van der Waals surface area contributed by atoms with Crippen LogP contribution >= 0.6 is 0 Å². The van der Waals surface area contributed by atoms with E-state index in [9.17, 15) is 0 Å². The van der Waals surface area contributed by atoms with Gasteiger partial charge >= 0.3 is 0 Å².